The van der Waals surface area contributed by atoms with Crippen molar-refractivity contribution in [2.24, 2.45) is 11.8 Å². The highest BCUT2D eigenvalue weighted by molar-refractivity contribution is 6.10. The Labute approximate surface area is 171 Å². The molecule has 148 valence electrons. The van der Waals surface area contributed by atoms with Gasteiger partial charge in [0.15, 0.2) is 5.78 Å². The van der Waals surface area contributed by atoms with Crippen molar-refractivity contribution in [2.45, 2.75) is 51.5 Å². The number of nitrogens with zero attached hydrogens (tertiary/aromatic N) is 2. The first kappa shape index (κ1) is 18.3. The van der Waals surface area contributed by atoms with Crippen LogP contribution in [0, 0.1) is 11.8 Å². The lowest BCUT2D eigenvalue weighted by atomic mass is 9.87. The van der Waals surface area contributed by atoms with Crippen molar-refractivity contribution < 1.29 is 4.79 Å². The van der Waals surface area contributed by atoms with E-state index in [9.17, 15) is 4.79 Å². The molecule has 2 heterocycles. The first-order chi connectivity index (χ1) is 14.2. The van der Waals surface area contributed by atoms with Crippen molar-refractivity contribution in [3.05, 3.63) is 54.5 Å². The van der Waals surface area contributed by atoms with Gasteiger partial charge in [0.1, 0.15) is 0 Å². The molecular weight excluding hydrogens is 358 g/mol. The number of pyridine rings is 2. The third-order valence-electron chi connectivity index (χ3n) is 6.46. The second kappa shape index (κ2) is 7.58. The fourth-order valence-corrected chi connectivity index (χ4v) is 4.43. The summed E-state index contributed by atoms with van der Waals surface area (Å²) in [5, 5.41) is 4.83. The molecule has 1 N–H and O–H groups in total. The number of nitrogens with one attached hydrogen (secondary N) is 1. The fourth-order valence-electron chi connectivity index (χ4n) is 4.43. The van der Waals surface area contributed by atoms with Gasteiger partial charge < -0.3 is 5.32 Å². The molecule has 0 atom stereocenters. The summed E-state index contributed by atoms with van der Waals surface area (Å²) in [7, 11) is 0. The summed E-state index contributed by atoms with van der Waals surface area (Å²) < 4.78 is 0. The van der Waals surface area contributed by atoms with E-state index in [2.05, 4.69) is 40.4 Å². The molecule has 4 heteroatoms. The maximum atomic E-state index is 13.0. The third-order valence-corrected chi connectivity index (χ3v) is 6.46. The van der Waals surface area contributed by atoms with E-state index in [0.717, 1.165) is 64.9 Å². The van der Waals surface area contributed by atoms with E-state index < -0.39 is 0 Å². The number of ketones is 1. The number of fused-ring (bicyclic) bond motifs is 1. The minimum atomic E-state index is 0.185. The van der Waals surface area contributed by atoms with Gasteiger partial charge in [0.2, 0.25) is 0 Å². The lowest BCUT2D eigenvalue weighted by molar-refractivity contribution is 0.0968. The first-order valence-corrected chi connectivity index (χ1v) is 10.8. The van der Waals surface area contributed by atoms with Crippen LogP contribution in [0.5, 0.6) is 0 Å². The van der Waals surface area contributed by atoms with Crippen LogP contribution < -0.4 is 5.32 Å². The lowest BCUT2D eigenvalue weighted by Gasteiger charge is -2.29. The number of hydrogen-bond acceptors (Lipinski definition) is 4. The van der Waals surface area contributed by atoms with Crippen molar-refractivity contribution >= 4 is 22.4 Å². The van der Waals surface area contributed by atoms with Crippen LogP contribution in [0.1, 0.15) is 55.8 Å². The van der Waals surface area contributed by atoms with Crippen molar-refractivity contribution in [1.29, 1.82) is 0 Å². The molecular formula is C25H27N3O. The average Bonchev–Trinajstić information content (AvgIpc) is 3.61. The molecule has 4 nitrogen and oxygen atoms in total. The third kappa shape index (κ3) is 3.76. The average molecular weight is 386 g/mol. The van der Waals surface area contributed by atoms with Crippen LogP contribution >= 0.6 is 0 Å². The summed E-state index contributed by atoms with van der Waals surface area (Å²) in [6, 6.07) is 10.8. The molecule has 2 aliphatic carbocycles. The summed E-state index contributed by atoms with van der Waals surface area (Å²) >= 11 is 0. The minimum Gasteiger partial charge on any atom is -0.381 e. The highest BCUT2D eigenvalue weighted by Crippen LogP contribution is 2.38. The van der Waals surface area contributed by atoms with E-state index in [0.29, 0.717) is 6.04 Å². The Morgan fingerprint density at radius 1 is 0.966 bits per heavy atom. The van der Waals surface area contributed by atoms with Crippen molar-refractivity contribution in [3.8, 4) is 11.1 Å². The molecule has 3 aromatic rings. The molecule has 2 aliphatic rings. The van der Waals surface area contributed by atoms with E-state index in [-0.39, 0.29) is 11.7 Å². The summed E-state index contributed by atoms with van der Waals surface area (Å²) in [6.07, 6.45) is 12.2. The topological polar surface area (TPSA) is 54.9 Å². The van der Waals surface area contributed by atoms with Gasteiger partial charge in [0, 0.05) is 35.9 Å². The largest absolute Gasteiger partial charge is 0.381 e. The number of carbonyl (C=O) groups excluding carboxylic acids is 1. The zero-order chi connectivity index (χ0) is 19.8. The van der Waals surface area contributed by atoms with Crippen LogP contribution in [0.2, 0.25) is 0 Å². The standard InChI is InChI=1S/C25H27N3O/c1-16-2-7-20(8-3-16)28-24-21-14-19(17-10-12-26-13-11-17)6-9-23(21)27-15-22(24)25(29)18-4-5-18/h6,9-16,18,20H,2-5,7-8H2,1H3,(H,27,28)/t16-,20-. The predicted octanol–water partition coefficient (Wildman–Crippen LogP) is 5.88. The maximum Gasteiger partial charge on any atom is 0.169 e. The Balaban J connectivity index is 1.60. The Bertz CT molecular complexity index is 1030. The van der Waals surface area contributed by atoms with Crippen LogP contribution in [0.25, 0.3) is 22.0 Å². The van der Waals surface area contributed by atoms with Crippen molar-refractivity contribution in [1.82, 2.24) is 9.97 Å². The Kier molecular flexibility index (Phi) is 4.78. The maximum absolute atomic E-state index is 13.0. The van der Waals surface area contributed by atoms with Gasteiger partial charge in [-0.05, 0) is 79.8 Å². The highest BCUT2D eigenvalue weighted by atomic mass is 16.1. The number of benzene rings is 1. The molecule has 0 unspecified atom stereocenters. The molecule has 0 radical (unpaired) electrons. The van der Waals surface area contributed by atoms with Gasteiger partial charge in [-0.25, -0.2) is 0 Å². The minimum absolute atomic E-state index is 0.185. The van der Waals surface area contributed by atoms with Crippen LogP contribution in [0.4, 0.5) is 5.69 Å². The van der Waals surface area contributed by atoms with E-state index >= 15 is 0 Å². The second-order valence-electron chi connectivity index (χ2n) is 8.75. The molecule has 1 aromatic carbocycles. The number of Topliss-reactive ketones (excluding diaryl/α,β-unsaturated/α-hetero) is 1. The normalized spacial score (nSPS) is 21.8. The second-order valence-corrected chi connectivity index (χ2v) is 8.75. The predicted molar refractivity (Wildman–Crippen MR) is 117 cm³/mol. The molecule has 5 rings (SSSR count). The summed E-state index contributed by atoms with van der Waals surface area (Å²) in [5.41, 5.74) is 4.94. The molecule has 2 fully saturated rings. The van der Waals surface area contributed by atoms with Gasteiger partial charge in [-0.2, -0.15) is 0 Å². The smallest absolute Gasteiger partial charge is 0.169 e. The summed E-state index contributed by atoms with van der Waals surface area (Å²) in [5.74, 6) is 1.23. The molecule has 0 amide bonds. The van der Waals surface area contributed by atoms with E-state index in [1.54, 1.807) is 6.20 Å². The molecule has 0 spiro atoms. The molecule has 0 aliphatic heterocycles. The zero-order valence-corrected chi connectivity index (χ0v) is 16.9. The van der Waals surface area contributed by atoms with Crippen molar-refractivity contribution in [3.63, 3.8) is 0 Å². The quantitative estimate of drug-likeness (QED) is 0.557. The number of anilines is 1. The van der Waals surface area contributed by atoms with Crippen LogP contribution in [0.3, 0.4) is 0 Å². The summed E-state index contributed by atoms with van der Waals surface area (Å²) in [6.45, 7) is 2.33. The fraction of sp³-hybridized carbons (Fsp3) is 0.400. The number of carbonyl (C=O) groups is 1. The van der Waals surface area contributed by atoms with Gasteiger partial charge in [0.25, 0.3) is 0 Å². The van der Waals surface area contributed by atoms with Crippen molar-refractivity contribution in [2.75, 3.05) is 5.32 Å². The van der Waals surface area contributed by atoms with Gasteiger partial charge in [-0.3, -0.25) is 14.8 Å². The SMILES string of the molecule is C[C@H]1CC[C@H](Nc2c(C(=O)C3CC3)cnc3ccc(-c4ccncc4)cc23)CC1. The van der Waals surface area contributed by atoms with Gasteiger partial charge >= 0.3 is 0 Å². The van der Waals surface area contributed by atoms with Crippen LogP contribution in [-0.2, 0) is 0 Å². The van der Waals surface area contributed by atoms with Gasteiger partial charge in [0.05, 0.1) is 16.8 Å². The van der Waals surface area contributed by atoms with Crippen LogP contribution in [-0.4, -0.2) is 21.8 Å². The molecule has 2 aromatic heterocycles. The Morgan fingerprint density at radius 2 is 1.72 bits per heavy atom. The Morgan fingerprint density at radius 3 is 2.45 bits per heavy atom. The molecule has 0 bridgehead atoms. The monoisotopic (exact) mass is 385 g/mol. The molecule has 0 saturated heterocycles. The van der Waals surface area contributed by atoms with E-state index in [4.69, 9.17) is 0 Å². The van der Waals surface area contributed by atoms with Gasteiger partial charge in [-0.1, -0.05) is 13.0 Å². The van der Waals surface area contributed by atoms with E-state index in [1.807, 2.05) is 24.5 Å². The van der Waals surface area contributed by atoms with Crippen LogP contribution in [0.15, 0.2) is 48.9 Å². The number of rotatable bonds is 5. The number of hydrogen-bond donors (Lipinski definition) is 1. The van der Waals surface area contributed by atoms with Gasteiger partial charge in [-0.15, -0.1) is 0 Å². The molecule has 2 saturated carbocycles. The zero-order valence-electron chi connectivity index (χ0n) is 16.9. The summed E-state index contributed by atoms with van der Waals surface area (Å²) in [4.78, 5) is 21.8. The Hall–Kier alpha value is -2.75. The molecule has 29 heavy (non-hydrogen) atoms. The number of aromatic nitrogens is 2. The lowest BCUT2D eigenvalue weighted by Crippen LogP contribution is -2.26. The highest BCUT2D eigenvalue weighted by Gasteiger charge is 2.33. The first-order valence-electron chi connectivity index (χ1n) is 10.8. The van der Waals surface area contributed by atoms with E-state index in [1.165, 1.54) is 12.8 Å².